The Hall–Kier alpha value is -2.92. The lowest BCUT2D eigenvalue weighted by atomic mass is 9.93. The van der Waals surface area contributed by atoms with Gasteiger partial charge in [-0.1, -0.05) is 30.3 Å². The summed E-state index contributed by atoms with van der Waals surface area (Å²) in [4.78, 5) is 15.4. The van der Waals surface area contributed by atoms with Crippen LogP contribution in [0.3, 0.4) is 0 Å². The molecule has 1 unspecified atom stereocenters. The summed E-state index contributed by atoms with van der Waals surface area (Å²) in [5.41, 5.74) is 2.30. The van der Waals surface area contributed by atoms with Gasteiger partial charge in [-0.15, -0.1) is 0 Å². The number of aliphatic hydroxyl groups excluding tert-OH is 1. The minimum absolute atomic E-state index is 0.226. The maximum atomic E-state index is 11.1. The molecule has 5 heteroatoms. The molecular formula is C17H13NO4. The van der Waals surface area contributed by atoms with Gasteiger partial charge in [0.1, 0.15) is 17.4 Å². The van der Waals surface area contributed by atoms with Crippen molar-refractivity contribution in [3.8, 4) is 5.75 Å². The zero-order valence-electron chi connectivity index (χ0n) is 11.5. The fourth-order valence-corrected chi connectivity index (χ4v) is 2.35. The van der Waals surface area contributed by atoms with Crippen molar-refractivity contribution in [2.45, 2.75) is 6.10 Å². The van der Waals surface area contributed by atoms with Crippen LogP contribution in [0.2, 0.25) is 0 Å². The number of phenols is 1. The number of aliphatic imine (C=N–C) groups is 1. The van der Waals surface area contributed by atoms with E-state index < -0.39 is 12.1 Å². The number of carboxylic acids is 1. The Morgan fingerprint density at radius 3 is 2.68 bits per heavy atom. The van der Waals surface area contributed by atoms with Crippen molar-refractivity contribution >= 4 is 23.4 Å². The first kappa shape index (κ1) is 14.0. The van der Waals surface area contributed by atoms with Crippen LogP contribution < -0.4 is 0 Å². The first-order chi connectivity index (χ1) is 10.6. The molecule has 0 spiro atoms. The molecule has 1 aliphatic rings. The Kier molecular flexibility index (Phi) is 3.48. The molecule has 1 aliphatic carbocycles. The maximum Gasteiger partial charge on any atom is 0.339 e. The second-order valence-electron chi connectivity index (χ2n) is 4.89. The highest BCUT2D eigenvalue weighted by atomic mass is 16.4. The van der Waals surface area contributed by atoms with Crippen LogP contribution in [0.15, 0.2) is 53.5 Å². The molecule has 0 radical (unpaired) electrons. The maximum absolute atomic E-state index is 11.1. The molecule has 2 aromatic carbocycles. The number of aromatic carboxylic acids is 1. The summed E-state index contributed by atoms with van der Waals surface area (Å²) in [7, 11) is 0. The monoisotopic (exact) mass is 295 g/mol. The summed E-state index contributed by atoms with van der Waals surface area (Å²) in [6.45, 7) is 0. The van der Waals surface area contributed by atoms with Gasteiger partial charge >= 0.3 is 5.97 Å². The summed E-state index contributed by atoms with van der Waals surface area (Å²) >= 11 is 0. The van der Waals surface area contributed by atoms with Crippen LogP contribution in [-0.2, 0) is 0 Å². The van der Waals surface area contributed by atoms with Crippen molar-refractivity contribution in [1.29, 1.82) is 0 Å². The van der Waals surface area contributed by atoms with E-state index in [1.54, 1.807) is 6.08 Å². The average molecular weight is 295 g/mol. The topological polar surface area (TPSA) is 90.1 Å². The van der Waals surface area contributed by atoms with Crippen LogP contribution >= 0.6 is 0 Å². The largest absolute Gasteiger partial charge is 0.507 e. The third-order valence-corrected chi connectivity index (χ3v) is 3.44. The van der Waals surface area contributed by atoms with Crippen LogP contribution in [0.4, 0.5) is 5.69 Å². The number of carbonyl (C=O) groups is 1. The minimum atomic E-state index is -1.23. The van der Waals surface area contributed by atoms with Crippen LogP contribution in [-0.4, -0.2) is 33.1 Å². The van der Waals surface area contributed by atoms with Crippen molar-refractivity contribution < 1.29 is 20.1 Å². The molecule has 3 N–H and O–H groups in total. The van der Waals surface area contributed by atoms with E-state index in [1.165, 1.54) is 18.2 Å². The summed E-state index contributed by atoms with van der Waals surface area (Å²) < 4.78 is 0. The van der Waals surface area contributed by atoms with Crippen LogP contribution in [0.1, 0.15) is 21.5 Å². The highest BCUT2D eigenvalue weighted by Gasteiger charge is 2.19. The van der Waals surface area contributed by atoms with Gasteiger partial charge in [0.05, 0.1) is 11.4 Å². The normalized spacial score (nSPS) is 18.2. The Morgan fingerprint density at radius 2 is 1.91 bits per heavy atom. The van der Waals surface area contributed by atoms with E-state index in [-0.39, 0.29) is 11.3 Å². The number of aromatic hydroxyl groups is 1. The molecule has 0 aliphatic heterocycles. The molecule has 0 fully saturated rings. The molecular weight excluding hydrogens is 282 g/mol. The first-order valence-corrected chi connectivity index (χ1v) is 6.67. The standard InChI is InChI=1S/C17H13NO4/c19-14-8-6-11(9-13(14)17(21)22)18-16-12-4-2-1-3-10(12)5-7-15(16)20/h1-9,15,19-20H,(H,21,22). The minimum Gasteiger partial charge on any atom is -0.507 e. The number of nitrogens with zero attached hydrogens (tertiary/aromatic N) is 1. The van der Waals surface area contributed by atoms with Gasteiger partial charge < -0.3 is 15.3 Å². The Labute approximate surface area is 126 Å². The van der Waals surface area contributed by atoms with Crippen molar-refractivity contribution in [2.24, 2.45) is 4.99 Å². The van der Waals surface area contributed by atoms with Crippen LogP contribution in [0, 0.1) is 0 Å². The lowest BCUT2D eigenvalue weighted by Gasteiger charge is -2.18. The Bertz CT molecular complexity index is 808. The molecule has 5 nitrogen and oxygen atoms in total. The van der Waals surface area contributed by atoms with E-state index in [0.29, 0.717) is 11.4 Å². The molecule has 2 aromatic rings. The van der Waals surface area contributed by atoms with E-state index in [1.807, 2.05) is 30.3 Å². The van der Waals surface area contributed by atoms with Crippen LogP contribution in [0.25, 0.3) is 6.08 Å². The van der Waals surface area contributed by atoms with Gasteiger partial charge in [-0.2, -0.15) is 0 Å². The fourth-order valence-electron chi connectivity index (χ4n) is 2.35. The fraction of sp³-hybridized carbons (Fsp3) is 0.0588. The Morgan fingerprint density at radius 1 is 1.14 bits per heavy atom. The third-order valence-electron chi connectivity index (χ3n) is 3.44. The van der Waals surface area contributed by atoms with E-state index in [9.17, 15) is 15.0 Å². The number of carboxylic acid groups (broad SMARTS) is 1. The number of hydrogen-bond donors (Lipinski definition) is 3. The van der Waals surface area contributed by atoms with Gasteiger partial charge in [-0.05, 0) is 29.8 Å². The highest BCUT2D eigenvalue weighted by Crippen LogP contribution is 2.27. The summed E-state index contributed by atoms with van der Waals surface area (Å²) in [5.74, 6) is -1.55. The lowest BCUT2D eigenvalue weighted by Crippen LogP contribution is -2.22. The molecule has 0 saturated heterocycles. The molecule has 0 aromatic heterocycles. The molecule has 22 heavy (non-hydrogen) atoms. The zero-order valence-corrected chi connectivity index (χ0v) is 11.5. The summed E-state index contributed by atoms with van der Waals surface area (Å²) in [5, 5.41) is 28.7. The van der Waals surface area contributed by atoms with Crippen molar-refractivity contribution in [1.82, 2.24) is 0 Å². The van der Waals surface area contributed by atoms with E-state index >= 15 is 0 Å². The summed E-state index contributed by atoms with van der Waals surface area (Å²) in [6, 6.07) is 11.5. The van der Waals surface area contributed by atoms with Crippen molar-refractivity contribution in [2.75, 3.05) is 0 Å². The first-order valence-electron chi connectivity index (χ1n) is 6.67. The number of hydrogen-bond acceptors (Lipinski definition) is 4. The molecule has 0 heterocycles. The molecule has 0 amide bonds. The smallest absolute Gasteiger partial charge is 0.339 e. The molecule has 110 valence electrons. The summed E-state index contributed by atoms with van der Waals surface area (Å²) in [6.07, 6.45) is 2.58. The second kappa shape index (κ2) is 5.46. The zero-order chi connectivity index (χ0) is 15.7. The third kappa shape index (κ3) is 2.49. The SMILES string of the molecule is O=C(O)c1cc(N=C2c3ccccc3C=CC2O)ccc1O. The predicted octanol–water partition coefficient (Wildman–Crippen LogP) is 2.60. The Balaban J connectivity index is 2.10. The lowest BCUT2D eigenvalue weighted by molar-refractivity contribution is 0.0694. The number of aliphatic hydroxyl groups is 1. The molecule has 3 rings (SSSR count). The average Bonchev–Trinajstić information content (AvgIpc) is 2.51. The molecule has 0 saturated carbocycles. The quantitative estimate of drug-likeness (QED) is 0.794. The van der Waals surface area contributed by atoms with Crippen molar-refractivity contribution in [3.63, 3.8) is 0 Å². The number of rotatable bonds is 2. The van der Waals surface area contributed by atoms with Gasteiger partial charge in [0.15, 0.2) is 0 Å². The van der Waals surface area contributed by atoms with E-state index in [4.69, 9.17) is 5.11 Å². The predicted molar refractivity (Wildman–Crippen MR) is 82.7 cm³/mol. The molecule has 0 bridgehead atoms. The van der Waals surface area contributed by atoms with Gasteiger partial charge in [0, 0.05) is 5.56 Å². The number of fused-ring (bicyclic) bond motifs is 1. The van der Waals surface area contributed by atoms with E-state index in [2.05, 4.69) is 4.99 Å². The van der Waals surface area contributed by atoms with Crippen molar-refractivity contribution in [3.05, 3.63) is 65.2 Å². The highest BCUT2D eigenvalue weighted by molar-refractivity contribution is 6.10. The molecule has 1 atom stereocenters. The van der Waals surface area contributed by atoms with Gasteiger partial charge in [-0.3, -0.25) is 0 Å². The van der Waals surface area contributed by atoms with Gasteiger partial charge in [0.2, 0.25) is 0 Å². The number of benzene rings is 2. The second-order valence-corrected chi connectivity index (χ2v) is 4.89. The van der Waals surface area contributed by atoms with E-state index in [0.717, 1.165) is 11.1 Å². The van der Waals surface area contributed by atoms with Crippen LogP contribution in [0.5, 0.6) is 5.75 Å². The van der Waals surface area contributed by atoms with Gasteiger partial charge in [-0.25, -0.2) is 9.79 Å². The van der Waals surface area contributed by atoms with Gasteiger partial charge in [0.25, 0.3) is 0 Å².